The second-order valence-electron chi connectivity index (χ2n) is 6.76. The Morgan fingerprint density at radius 3 is 2.69 bits per heavy atom. The van der Waals surface area contributed by atoms with Gasteiger partial charge in [-0.05, 0) is 38.5 Å². The summed E-state index contributed by atoms with van der Waals surface area (Å²) in [6.07, 6.45) is 1.16. The first-order valence-corrected chi connectivity index (χ1v) is 10.2. The van der Waals surface area contributed by atoms with E-state index in [-0.39, 0.29) is 6.04 Å². The minimum atomic E-state index is -0.145. The van der Waals surface area contributed by atoms with Crippen LogP contribution in [0.15, 0.2) is 41.4 Å². The molecule has 0 saturated carbocycles. The molecule has 0 fully saturated rings. The molecular weight excluding hydrogens is 402 g/mol. The maximum atomic E-state index is 7.30. The highest BCUT2D eigenvalue weighted by molar-refractivity contribution is 7.15. The van der Waals surface area contributed by atoms with E-state index < -0.39 is 0 Å². The van der Waals surface area contributed by atoms with Crippen LogP contribution in [0.5, 0.6) is 0 Å². The van der Waals surface area contributed by atoms with E-state index in [1.807, 2.05) is 45.0 Å². The summed E-state index contributed by atoms with van der Waals surface area (Å²) in [7, 11) is 0. The normalized spacial score (nSPS) is 14.8. The van der Waals surface area contributed by atoms with Gasteiger partial charge in [-0.15, -0.1) is 21.5 Å². The Labute approximate surface area is 178 Å². The number of hydrogen-bond donors (Lipinski definition) is 1. The Balaban J connectivity index is 2.01. The van der Waals surface area contributed by atoms with Gasteiger partial charge in [-0.3, -0.25) is 9.56 Å². The van der Waals surface area contributed by atoms with Crippen molar-refractivity contribution in [2.45, 2.75) is 26.8 Å². The van der Waals surface area contributed by atoms with E-state index in [4.69, 9.17) is 22.0 Å². The molecule has 0 unspecified atom stereocenters. The van der Waals surface area contributed by atoms with Crippen LogP contribution in [0, 0.1) is 31.1 Å². The number of halogens is 1. The monoisotopic (exact) mass is 419 g/mol. The molecule has 1 aromatic carbocycles. The Hall–Kier alpha value is -3.01. The van der Waals surface area contributed by atoms with Gasteiger partial charge in [-0.2, -0.15) is 0 Å². The number of hydrogen-bond acceptors (Lipinski definition) is 5. The molecule has 7 heteroatoms. The van der Waals surface area contributed by atoms with Crippen molar-refractivity contribution >= 4 is 34.9 Å². The number of nitrogens with one attached hydrogen (secondary N) is 1. The summed E-state index contributed by atoms with van der Waals surface area (Å²) in [6, 6.07) is 7.56. The molecule has 29 heavy (non-hydrogen) atoms. The zero-order valence-electron chi connectivity index (χ0n) is 16.2. The molecule has 1 aliphatic rings. The first kappa shape index (κ1) is 19.3. The van der Waals surface area contributed by atoms with Crippen molar-refractivity contribution in [1.29, 1.82) is 5.41 Å². The molecule has 0 aliphatic carbocycles. The lowest BCUT2D eigenvalue weighted by Crippen LogP contribution is -2.07. The molecule has 4 rings (SSSR count). The molecular formula is C22H18ClN5S. The molecule has 144 valence electrons. The maximum absolute atomic E-state index is 7.30. The van der Waals surface area contributed by atoms with E-state index in [0.29, 0.717) is 10.6 Å². The van der Waals surface area contributed by atoms with Crippen molar-refractivity contribution in [3.63, 3.8) is 0 Å². The quantitative estimate of drug-likeness (QED) is 0.465. The van der Waals surface area contributed by atoms with Gasteiger partial charge in [0, 0.05) is 27.9 Å². The van der Waals surface area contributed by atoms with Gasteiger partial charge in [0.05, 0.1) is 10.6 Å². The summed E-state index contributed by atoms with van der Waals surface area (Å²) in [6.45, 7) is 9.78. The van der Waals surface area contributed by atoms with Crippen LogP contribution in [-0.4, -0.2) is 26.7 Å². The number of allylic oxidation sites excluding steroid dienone is 1. The predicted molar refractivity (Wildman–Crippen MR) is 119 cm³/mol. The zero-order chi connectivity index (χ0) is 20.7. The summed E-state index contributed by atoms with van der Waals surface area (Å²) in [5.41, 5.74) is 4.41. The van der Waals surface area contributed by atoms with Gasteiger partial charge in [0.2, 0.25) is 0 Å². The van der Waals surface area contributed by atoms with Gasteiger partial charge in [-0.1, -0.05) is 42.2 Å². The van der Waals surface area contributed by atoms with Crippen LogP contribution in [-0.2, 0) is 0 Å². The van der Waals surface area contributed by atoms with E-state index >= 15 is 0 Å². The Morgan fingerprint density at radius 2 is 2.00 bits per heavy atom. The minimum Gasteiger partial charge on any atom is -0.307 e. The van der Waals surface area contributed by atoms with Crippen LogP contribution in [0.1, 0.15) is 46.2 Å². The Kier molecular flexibility index (Phi) is 4.95. The first-order chi connectivity index (χ1) is 13.9. The van der Waals surface area contributed by atoms with Gasteiger partial charge in [0.1, 0.15) is 16.9 Å². The molecule has 3 aromatic rings. The Morgan fingerprint density at radius 1 is 1.28 bits per heavy atom. The third-order valence-electron chi connectivity index (χ3n) is 4.74. The van der Waals surface area contributed by atoms with Crippen LogP contribution in [0.4, 0.5) is 0 Å². The number of fused-ring (bicyclic) bond motifs is 3. The fourth-order valence-electron chi connectivity index (χ4n) is 3.27. The van der Waals surface area contributed by atoms with E-state index in [1.165, 1.54) is 0 Å². The largest absolute Gasteiger partial charge is 0.307 e. The summed E-state index contributed by atoms with van der Waals surface area (Å²) < 4.78 is 2.07. The third-order valence-corrected chi connectivity index (χ3v) is 6.19. The fraction of sp³-hybridized carbons (Fsp3) is 0.182. The Bertz CT molecular complexity index is 1230. The highest BCUT2D eigenvalue weighted by Crippen LogP contribution is 2.38. The topological polar surface area (TPSA) is 66.9 Å². The van der Waals surface area contributed by atoms with Crippen molar-refractivity contribution in [1.82, 2.24) is 14.8 Å². The average Bonchev–Trinajstić information content (AvgIpc) is 3.20. The molecule has 0 bridgehead atoms. The van der Waals surface area contributed by atoms with E-state index in [2.05, 4.69) is 33.2 Å². The van der Waals surface area contributed by atoms with Crippen molar-refractivity contribution < 1.29 is 0 Å². The molecule has 2 aromatic heterocycles. The summed E-state index contributed by atoms with van der Waals surface area (Å²) in [5.74, 6) is 7.72. The fourth-order valence-corrected chi connectivity index (χ4v) is 4.61. The minimum absolute atomic E-state index is 0.145. The van der Waals surface area contributed by atoms with Crippen molar-refractivity contribution in [2.24, 2.45) is 4.99 Å². The zero-order valence-corrected chi connectivity index (χ0v) is 17.8. The molecule has 5 nitrogen and oxygen atoms in total. The number of aryl methyl sites for hydroxylation is 1. The van der Waals surface area contributed by atoms with Crippen LogP contribution in [0.3, 0.4) is 0 Å². The summed E-state index contributed by atoms with van der Waals surface area (Å²) >= 11 is 7.68. The molecule has 0 spiro atoms. The second kappa shape index (κ2) is 7.43. The average molecular weight is 420 g/mol. The summed E-state index contributed by atoms with van der Waals surface area (Å²) in [5, 5.41) is 17.6. The maximum Gasteiger partial charge on any atom is 0.162 e. The van der Waals surface area contributed by atoms with Crippen molar-refractivity contribution in [2.75, 3.05) is 0 Å². The molecule has 0 amide bonds. The number of aromatic nitrogens is 3. The number of aliphatic imine (C=N–C) groups is 1. The lowest BCUT2D eigenvalue weighted by Gasteiger charge is -2.09. The highest BCUT2D eigenvalue weighted by Gasteiger charge is 2.29. The highest BCUT2D eigenvalue weighted by atomic mass is 35.5. The van der Waals surface area contributed by atoms with E-state index in [1.54, 1.807) is 11.3 Å². The molecule has 1 atom stereocenters. The number of nitrogens with zero attached hydrogens (tertiary/aromatic N) is 4. The first-order valence-electron chi connectivity index (χ1n) is 9.02. The van der Waals surface area contributed by atoms with Gasteiger partial charge in [0.25, 0.3) is 0 Å². The lowest BCUT2D eigenvalue weighted by molar-refractivity contribution is 0.724. The molecule has 1 N–H and O–H groups in total. The molecule has 0 saturated heterocycles. The van der Waals surface area contributed by atoms with Crippen molar-refractivity contribution in [3.8, 4) is 16.8 Å². The van der Waals surface area contributed by atoms with Gasteiger partial charge >= 0.3 is 0 Å². The van der Waals surface area contributed by atoms with E-state index in [9.17, 15) is 0 Å². The smallest absolute Gasteiger partial charge is 0.162 e. The number of rotatable bonds is 2. The molecule has 1 aliphatic heterocycles. The molecule has 0 radical (unpaired) electrons. The van der Waals surface area contributed by atoms with E-state index in [0.717, 1.165) is 50.1 Å². The lowest BCUT2D eigenvalue weighted by atomic mass is 9.99. The predicted octanol–water partition coefficient (Wildman–Crippen LogP) is 5.07. The standard InChI is InChI=1S/C22H18ClN5S/c1-12(11-24)5-10-18-13(2)19-20(16-6-8-17(23)9-7-16)25-14(3)21-27-26-15(4)28(21)22(19)29-18/h6-9,11,14,24H,1H2,2-4H3/t14-/m0/s1. The number of benzene rings is 1. The number of thiophene rings is 1. The van der Waals surface area contributed by atoms with Gasteiger partial charge in [0.15, 0.2) is 5.82 Å². The summed E-state index contributed by atoms with van der Waals surface area (Å²) in [4.78, 5) is 5.92. The van der Waals surface area contributed by atoms with Crippen LogP contribution >= 0.6 is 22.9 Å². The van der Waals surface area contributed by atoms with Crippen LogP contribution in [0.2, 0.25) is 5.02 Å². The third kappa shape index (κ3) is 3.33. The van der Waals surface area contributed by atoms with Gasteiger partial charge < -0.3 is 5.41 Å². The SMILES string of the molecule is C=C(C#Cc1sc2c(c1C)C(c1ccc(Cl)cc1)=N[C@@H](C)c1nnc(C)n1-2)C=N. The van der Waals surface area contributed by atoms with Gasteiger partial charge in [-0.25, -0.2) is 0 Å². The van der Waals surface area contributed by atoms with Crippen molar-refractivity contribution in [3.05, 3.63) is 74.7 Å². The van der Waals surface area contributed by atoms with Crippen LogP contribution in [0.25, 0.3) is 5.00 Å². The molecule has 3 heterocycles. The second-order valence-corrected chi connectivity index (χ2v) is 8.19. The van der Waals surface area contributed by atoms with Crippen LogP contribution < -0.4 is 0 Å².